The van der Waals surface area contributed by atoms with Crippen molar-refractivity contribution >= 4 is 17.9 Å². The molecule has 0 saturated carbocycles. The lowest BCUT2D eigenvalue weighted by Gasteiger charge is -2.33. The van der Waals surface area contributed by atoms with Crippen molar-refractivity contribution < 1.29 is 19.5 Å². The maximum Gasteiger partial charge on any atom is 0.317 e. The normalized spacial score (nSPS) is 15.8. The first-order chi connectivity index (χ1) is 9.52. The first-order valence-corrected chi connectivity index (χ1v) is 6.76. The Balaban J connectivity index is 2.22. The SMILES string of the molecule is CCCNC(=O)CNC(=O)N1CCN(CC(=O)O)CC1. The van der Waals surface area contributed by atoms with E-state index in [2.05, 4.69) is 10.6 Å². The number of carboxylic acids is 1. The molecule has 8 nitrogen and oxygen atoms in total. The van der Waals surface area contributed by atoms with Gasteiger partial charge < -0.3 is 20.6 Å². The van der Waals surface area contributed by atoms with Gasteiger partial charge in [-0.1, -0.05) is 6.92 Å². The summed E-state index contributed by atoms with van der Waals surface area (Å²) < 4.78 is 0. The molecule has 0 radical (unpaired) electrons. The van der Waals surface area contributed by atoms with Crippen LogP contribution < -0.4 is 10.6 Å². The second-order valence-corrected chi connectivity index (χ2v) is 4.67. The standard InChI is InChI=1S/C12H22N4O4/c1-2-3-13-10(17)8-14-12(20)16-6-4-15(5-7-16)9-11(18)19/h2-9H2,1H3,(H,13,17)(H,14,20)(H,18,19). The van der Waals surface area contributed by atoms with Crippen LogP contribution in [0.4, 0.5) is 4.79 Å². The highest BCUT2D eigenvalue weighted by Gasteiger charge is 2.22. The van der Waals surface area contributed by atoms with Crippen molar-refractivity contribution in [2.24, 2.45) is 0 Å². The number of carbonyl (C=O) groups excluding carboxylic acids is 2. The Morgan fingerprint density at radius 2 is 1.75 bits per heavy atom. The molecule has 0 bridgehead atoms. The number of amides is 3. The van der Waals surface area contributed by atoms with Crippen molar-refractivity contribution in [2.45, 2.75) is 13.3 Å². The lowest BCUT2D eigenvalue weighted by Crippen LogP contribution is -2.53. The molecule has 8 heteroatoms. The number of carboxylic acid groups (broad SMARTS) is 1. The van der Waals surface area contributed by atoms with Gasteiger partial charge in [0, 0.05) is 32.7 Å². The molecule has 20 heavy (non-hydrogen) atoms. The number of piperazine rings is 1. The Bertz CT molecular complexity index is 353. The average Bonchev–Trinajstić information content (AvgIpc) is 2.42. The summed E-state index contributed by atoms with van der Waals surface area (Å²) in [5.41, 5.74) is 0. The Labute approximate surface area is 118 Å². The van der Waals surface area contributed by atoms with Crippen molar-refractivity contribution in [1.29, 1.82) is 0 Å². The van der Waals surface area contributed by atoms with E-state index in [4.69, 9.17) is 5.11 Å². The molecule has 1 fully saturated rings. The van der Waals surface area contributed by atoms with Crippen LogP contribution >= 0.6 is 0 Å². The first kappa shape index (κ1) is 16.2. The quantitative estimate of drug-likeness (QED) is 0.577. The monoisotopic (exact) mass is 286 g/mol. The van der Waals surface area contributed by atoms with Crippen LogP contribution in [0.2, 0.25) is 0 Å². The summed E-state index contributed by atoms with van der Waals surface area (Å²) >= 11 is 0. The van der Waals surface area contributed by atoms with Gasteiger partial charge >= 0.3 is 12.0 Å². The molecular weight excluding hydrogens is 264 g/mol. The number of nitrogens with zero attached hydrogens (tertiary/aromatic N) is 2. The lowest BCUT2D eigenvalue weighted by molar-refractivity contribution is -0.138. The van der Waals surface area contributed by atoms with Crippen molar-refractivity contribution in [1.82, 2.24) is 20.4 Å². The first-order valence-electron chi connectivity index (χ1n) is 6.76. The topological polar surface area (TPSA) is 102 Å². The van der Waals surface area contributed by atoms with E-state index < -0.39 is 5.97 Å². The van der Waals surface area contributed by atoms with Crippen molar-refractivity contribution in [2.75, 3.05) is 45.8 Å². The van der Waals surface area contributed by atoms with Crippen LogP contribution in [0.15, 0.2) is 0 Å². The zero-order chi connectivity index (χ0) is 15.0. The van der Waals surface area contributed by atoms with Gasteiger partial charge in [0.25, 0.3) is 0 Å². The fourth-order valence-electron chi connectivity index (χ4n) is 1.89. The molecule has 0 aromatic heterocycles. The maximum atomic E-state index is 11.8. The number of hydrogen-bond donors (Lipinski definition) is 3. The van der Waals surface area contributed by atoms with Gasteiger partial charge in [-0.3, -0.25) is 14.5 Å². The lowest BCUT2D eigenvalue weighted by atomic mass is 10.3. The van der Waals surface area contributed by atoms with Crippen LogP contribution in [-0.2, 0) is 9.59 Å². The maximum absolute atomic E-state index is 11.8. The molecule has 0 atom stereocenters. The average molecular weight is 286 g/mol. The molecule has 1 heterocycles. The number of nitrogens with one attached hydrogen (secondary N) is 2. The molecular formula is C12H22N4O4. The van der Waals surface area contributed by atoms with Crippen molar-refractivity contribution in [3.05, 3.63) is 0 Å². The van der Waals surface area contributed by atoms with Gasteiger partial charge in [0.1, 0.15) is 0 Å². The highest BCUT2D eigenvalue weighted by atomic mass is 16.4. The molecule has 0 unspecified atom stereocenters. The van der Waals surface area contributed by atoms with Crippen LogP contribution in [0.1, 0.15) is 13.3 Å². The second kappa shape index (κ2) is 8.36. The highest BCUT2D eigenvalue weighted by Crippen LogP contribution is 2.01. The molecule has 0 aromatic carbocycles. The number of rotatable bonds is 6. The molecule has 0 aliphatic carbocycles. The number of carbonyl (C=O) groups is 3. The molecule has 3 amide bonds. The van der Waals surface area contributed by atoms with Gasteiger partial charge in [-0.25, -0.2) is 4.79 Å². The fraction of sp³-hybridized carbons (Fsp3) is 0.750. The highest BCUT2D eigenvalue weighted by molar-refractivity contribution is 5.83. The Morgan fingerprint density at radius 1 is 1.10 bits per heavy atom. The van der Waals surface area contributed by atoms with Crippen molar-refractivity contribution in [3.63, 3.8) is 0 Å². The number of aliphatic carboxylic acids is 1. The largest absolute Gasteiger partial charge is 0.480 e. The summed E-state index contributed by atoms with van der Waals surface area (Å²) in [5, 5.41) is 13.9. The van der Waals surface area contributed by atoms with E-state index in [9.17, 15) is 14.4 Å². The Morgan fingerprint density at radius 3 is 2.30 bits per heavy atom. The predicted molar refractivity (Wildman–Crippen MR) is 72.3 cm³/mol. The van der Waals surface area contributed by atoms with Crippen LogP contribution in [0.25, 0.3) is 0 Å². The summed E-state index contributed by atoms with van der Waals surface area (Å²) in [6.07, 6.45) is 0.852. The zero-order valence-corrected chi connectivity index (χ0v) is 11.7. The van der Waals surface area contributed by atoms with Gasteiger partial charge in [0.05, 0.1) is 13.1 Å². The summed E-state index contributed by atoms with van der Waals surface area (Å²) in [4.78, 5) is 37.1. The smallest absolute Gasteiger partial charge is 0.317 e. The molecule has 3 N–H and O–H groups in total. The summed E-state index contributed by atoms with van der Waals surface area (Å²) in [7, 11) is 0. The van der Waals surface area contributed by atoms with E-state index in [1.54, 1.807) is 9.80 Å². The van der Waals surface area contributed by atoms with Gasteiger partial charge in [-0.15, -0.1) is 0 Å². The molecule has 1 aliphatic rings. The molecule has 114 valence electrons. The van der Waals surface area contributed by atoms with Gasteiger partial charge in [0.15, 0.2) is 0 Å². The van der Waals surface area contributed by atoms with Crippen LogP contribution in [0, 0.1) is 0 Å². The van der Waals surface area contributed by atoms with Gasteiger partial charge in [-0.05, 0) is 6.42 Å². The van der Waals surface area contributed by atoms with Crippen LogP contribution in [0.3, 0.4) is 0 Å². The van der Waals surface area contributed by atoms with Crippen molar-refractivity contribution in [3.8, 4) is 0 Å². The van der Waals surface area contributed by atoms with Gasteiger partial charge in [-0.2, -0.15) is 0 Å². The molecule has 0 spiro atoms. The Kier molecular flexibility index (Phi) is 6.78. The third kappa shape index (κ3) is 5.87. The van der Waals surface area contributed by atoms with E-state index in [1.165, 1.54) is 0 Å². The minimum Gasteiger partial charge on any atom is -0.480 e. The molecule has 1 rings (SSSR count). The van der Waals surface area contributed by atoms with E-state index in [-0.39, 0.29) is 25.0 Å². The van der Waals surface area contributed by atoms with Crippen LogP contribution in [0.5, 0.6) is 0 Å². The summed E-state index contributed by atoms with van der Waals surface area (Å²) in [5.74, 6) is -1.07. The molecule has 1 aliphatic heterocycles. The second-order valence-electron chi connectivity index (χ2n) is 4.67. The third-order valence-corrected chi connectivity index (χ3v) is 2.99. The molecule has 0 aromatic rings. The van der Waals surface area contributed by atoms with E-state index in [0.29, 0.717) is 32.7 Å². The van der Waals surface area contributed by atoms with E-state index in [1.807, 2.05) is 6.92 Å². The Hall–Kier alpha value is -1.83. The number of hydrogen-bond acceptors (Lipinski definition) is 4. The van der Waals surface area contributed by atoms with Crippen LogP contribution in [-0.4, -0.2) is 78.6 Å². The predicted octanol–water partition coefficient (Wildman–Crippen LogP) is -1.08. The third-order valence-electron chi connectivity index (χ3n) is 2.99. The zero-order valence-electron chi connectivity index (χ0n) is 11.7. The minimum absolute atomic E-state index is 0.00508. The number of urea groups is 1. The van der Waals surface area contributed by atoms with E-state index >= 15 is 0 Å². The minimum atomic E-state index is -0.865. The summed E-state index contributed by atoms with van der Waals surface area (Å²) in [6, 6.07) is -0.286. The molecule has 1 saturated heterocycles. The fourth-order valence-corrected chi connectivity index (χ4v) is 1.89. The summed E-state index contributed by atoms with van der Waals surface area (Å²) in [6.45, 7) is 4.51. The van der Waals surface area contributed by atoms with E-state index in [0.717, 1.165) is 6.42 Å². The van der Waals surface area contributed by atoms with Gasteiger partial charge in [0.2, 0.25) is 5.91 Å².